The molecule has 0 bridgehead atoms. The molecule has 0 N–H and O–H groups in total. The Morgan fingerprint density at radius 3 is 1.79 bits per heavy atom. The molecule has 3 aromatic carbocycles. The number of benzene rings is 3. The van der Waals surface area contributed by atoms with Gasteiger partial charge in [0.15, 0.2) is 0 Å². The van der Waals surface area contributed by atoms with Gasteiger partial charge in [-0.25, -0.2) is 0 Å². The summed E-state index contributed by atoms with van der Waals surface area (Å²) in [6.45, 7) is 1.80. The molecule has 0 spiro atoms. The third-order valence-electron chi connectivity index (χ3n) is 4.61. The molecule has 1 aliphatic rings. The Kier molecular flexibility index (Phi) is 3.39. The van der Waals surface area contributed by atoms with Crippen LogP contribution in [0.15, 0.2) is 89.9 Å². The van der Waals surface area contributed by atoms with Crippen molar-refractivity contribution in [1.29, 1.82) is 0 Å². The molecule has 0 amide bonds. The Balaban J connectivity index is 2.14. The molecule has 1 aliphatic heterocycles. The SMILES string of the molecule is CC1=NC(c2ccccc2)(c2ccccc2)c2ccccc2C1=O. The van der Waals surface area contributed by atoms with Gasteiger partial charge >= 0.3 is 0 Å². The molecule has 116 valence electrons. The fourth-order valence-electron chi connectivity index (χ4n) is 3.52. The zero-order chi connectivity index (χ0) is 16.6. The van der Waals surface area contributed by atoms with Crippen LogP contribution in [-0.4, -0.2) is 11.5 Å². The summed E-state index contributed by atoms with van der Waals surface area (Å²) in [7, 11) is 0. The van der Waals surface area contributed by atoms with E-state index in [0.29, 0.717) is 5.71 Å². The summed E-state index contributed by atoms with van der Waals surface area (Å²) in [6.07, 6.45) is 0. The predicted octanol–water partition coefficient (Wildman–Crippen LogP) is 4.64. The molecular formula is C22H17NO. The second-order valence-electron chi connectivity index (χ2n) is 6.01. The van der Waals surface area contributed by atoms with Crippen LogP contribution in [0.4, 0.5) is 0 Å². The number of carbonyl (C=O) groups excluding carboxylic acids is 1. The van der Waals surface area contributed by atoms with Gasteiger partial charge in [-0.15, -0.1) is 0 Å². The van der Waals surface area contributed by atoms with Gasteiger partial charge < -0.3 is 0 Å². The van der Waals surface area contributed by atoms with Gasteiger partial charge in [-0.2, -0.15) is 0 Å². The molecule has 1 heterocycles. The van der Waals surface area contributed by atoms with Crippen LogP contribution in [0.1, 0.15) is 34.0 Å². The van der Waals surface area contributed by atoms with Crippen LogP contribution in [0.25, 0.3) is 0 Å². The zero-order valence-electron chi connectivity index (χ0n) is 13.4. The highest BCUT2D eigenvalue weighted by atomic mass is 16.1. The van der Waals surface area contributed by atoms with Crippen LogP contribution in [0, 0.1) is 0 Å². The first-order chi connectivity index (χ1) is 11.7. The zero-order valence-corrected chi connectivity index (χ0v) is 13.4. The van der Waals surface area contributed by atoms with E-state index in [2.05, 4.69) is 24.3 Å². The molecule has 4 rings (SSSR count). The second-order valence-corrected chi connectivity index (χ2v) is 6.01. The molecule has 0 unspecified atom stereocenters. The number of fused-ring (bicyclic) bond motifs is 1. The summed E-state index contributed by atoms with van der Waals surface area (Å²) in [6, 6.07) is 28.2. The molecular weight excluding hydrogens is 294 g/mol. The maximum Gasteiger partial charge on any atom is 0.206 e. The van der Waals surface area contributed by atoms with Gasteiger partial charge in [-0.1, -0.05) is 84.9 Å². The molecule has 2 nitrogen and oxygen atoms in total. The Labute approximate surface area is 141 Å². The lowest BCUT2D eigenvalue weighted by molar-refractivity contribution is 0.105. The fraction of sp³-hybridized carbons (Fsp3) is 0.0909. The monoisotopic (exact) mass is 311 g/mol. The smallest absolute Gasteiger partial charge is 0.206 e. The van der Waals surface area contributed by atoms with Crippen molar-refractivity contribution < 1.29 is 4.79 Å². The molecule has 0 aromatic heterocycles. The Hall–Kier alpha value is -3.00. The van der Waals surface area contributed by atoms with E-state index in [9.17, 15) is 4.79 Å². The quantitative estimate of drug-likeness (QED) is 0.678. The summed E-state index contributed by atoms with van der Waals surface area (Å²) >= 11 is 0. The van der Waals surface area contributed by atoms with E-state index in [0.717, 1.165) is 22.3 Å². The summed E-state index contributed by atoms with van der Waals surface area (Å²) in [4.78, 5) is 17.6. The minimum Gasteiger partial charge on any atom is -0.287 e. The first-order valence-corrected chi connectivity index (χ1v) is 8.05. The third-order valence-corrected chi connectivity index (χ3v) is 4.61. The van der Waals surface area contributed by atoms with Crippen LogP contribution in [0.5, 0.6) is 0 Å². The minimum absolute atomic E-state index is 0.00749. The van der Waals surface area contributed by atoms with Crippen LogP contribution in [0.3, 0.4) is 0 Å². The Morgan fingerprint density at radius 1 is 0.708 bits per heavy atom. The van der Waals surface area contributed by atoms with Crippen LogP contribution >= 0.6 is 0 Å². The first-order valence-electron chi connectivity index (χ1n) is 8.05. The summed E-state index contributed by atoms with van der Waals surface area (Å²) in [5.41, 5.74) is 3.67. The first kappa shape index (κ1) is 14.6. The minimum atomic E-state index is -0.683. The average Bonchev–Trinajstić information content (AvgIpc) is 2.66. The van der Waals surface area contributed by atoms with Gasteiger partial charge in [-0.05, 0) is 23.6 Å². The van der Waals surface area contributed by atoms with Gasteiger partial charge in [0.1, 0.15) is 5.54 Å². The van der Waals surface area contributed by atoms with E-state index < -0.39 is 5.54 Å². The highest BCUT2D eigenvalue weighted by molar-refractivity contribution is 6.46. The van der Waals surface area contributed by atoms with Crippen LogP contribution < -0.4 is 0 Å². The predicted molar refractivity (Wildman–Crippen MR) is 96.6 cm³/mol. The van der Waals surface area contributed by atoms with Gasteiger partial charge in [0.2, 0.25) is 5.78 Å². The maximum atomic E-state index is 12.6. The molecule has 2 heteroatoms. The average molecular weight is 311 g/mol. The largest absolute Gasteiger partial charge is 0.287 e. The maximum absolute atomic E-state index is 12.6. The highest BCUT2D eigenvalue weighted by Gasteiger charge is 2.42. The second kappa shape index (κ2) is 5.57. The number of ketones is 1. The topological polar surface area (TPSA) is 29.4 Å². The molecule has 3 aromatic rings. The van der Waals surface area contributed by atoms with Crippen molar-refractivity contribution in [3.05, 3.63) is 107 Å². The standard InChI is InChI=1S/C22H17NO/c1-16-21(24)19-14-8-9-15-20(19)22(23-16,17-10-4-2-5-11-17)18-12-6-3-7-13-18/h2-15H,1H3. The lowest BCUT2D eigenvalue weighted by atomic mass is 9.73. The molecule has 0 saturated heterocycles. The van der Waals surface area contributed by atoms with Crippen molar-refractivity contribution in [2.24, 2.45) is 4.99 Å². The Bertz CT molecular complexity index is 887. The van der Waals surface area contributed by atoms with E-state index in [-0.39, 0.29) is 5.78 Å². The number of carbonyl (C=O) groups is 1. The number of nitrogens with zero attached hydrogens (tertiary/aromatic N) is 1. The van der Waals surface area contributed by atoms with Gasteiger partial charge in [0, 0.05) is 5.56 Å². The number of hydrogen-bond acceptors (Lipinski definition) is 2. The van der Waals surface area contributed by atoms with Gasteiger partial charge in [0.05, 0.1) is 5.71 Å². The van der Waals surface area contributed by atoms with Crippen molar-refractivity contribution >= 4 is 11.5 Å². The summed E-state index contributed by atoms with van der Waals surface area (Å²) < 4.78 is 0. The van der Waals surface area contributed by atoms with Gasteiger partial charge in [0.25, 0.3) is 0 Å². The molecule has 0 radical (unpaired) electrons. The molecule has 0 aliphatic carbocycles. The summed E-state index contributed by atoms with van der Waals surface area (Å²) in [5.74, 6) is 0.00749. The molecule has 24 heavy (non-hydrogen) atoms. The molecule has 0 saturated carbocycles. The Morgan fingerprint density at radius 2 is 1.21 bits per heavy atom. The summed E-state index contributed by atoms with van der Waals surface area (Å²) in [5, 5.41) is 0. The van der Waals surface area contributed by atoms with E-state index >= 15 is 0 Å². The highest BCUT2D eigenvalue weighted by Crippen LogP contribution is 2.44. The van der Waals surface area contributed by atoms with Crippen LogP contribution in [-0.2, 0) is 5.54 Å². The number of rotatable bonds is 2. The van der Waals surface area contributed by atoms with Crippen molar-refractivity contribution in [3.63, 3.8) is 0 Å². The molecule has 0 fully saturated rings. The van der Waals surface area contributed by atoms with Gasteiger partial charge in [-0.3, -0.25) is 9.79 Å². The number of aliphatic imine (C=N–C) groups is 1. The lowest BCUT2D eigenvalue weighted by Crippen LogP contribution is -2.36. The fourth-order valence-corrected chi connectivity index (χ4v) is 3.52. The van der Waals surface area contributed by atoms with E-state index in [4.69, 9.17) is 4.99 Å². The van der Waals surface area contributed by atoms with Crippen molar-refractivity contribution in [1.82, 2.24) is 0 Å². The molecule has 0 atom stereocenters. The van der Waals surface area contributed by atoms with Crippen LogP contribution in [0.2, 0.25) is 0 Å². The third kappa shape index (κ3) is 2.04. The van der Waals surface area contributed by atoms with E-state index in [1.807, 2.05) is 60.7 Å². The normalized spacial score (nSPS) is 15.5. The van der Waals surface area contributed by atoms with E-state index in [1.54, 1.807) is 6.92 Å². The lowest BCUT2D eigenvalue weighted by Gasteiger charge is -2.36. The number of hydrogen-bond donors (Lipinski definition) is 0. The van der Waals surface area contributed by atoms with Crippen molar-refractivity contribution in [2.45, 2.75) is 12.5 Å². The van der Waals surface area contributed by atoms with Crippen molar-refractivity contribution in [2.75, 3.05) is 0 Å². The van der Waals surface area contributed by atoms with E-state index in [1.165, 1.54) is 0 Å². The number of Topliss-reactive ketones (excluding diaryl/α,β-unsaturated/α-hetero) is 1. The van der Waals surface area contributed by atoms with Crippen molar-refractivity contribution in [3.8, 4) is 0 Å².